The van der Waals surface area contributed by atoms with E-state index in [9.17, 15) is 4.79 Å². The Morgan fingerprint density at radius 1 is 1.06 bits per heavy atom. The summed E-state index contributed by atoms with van der Waals surface area (Å²) >= 11 is 3.56. The number of benzene rings is 3. The van der Waals surface area contributed by atoms with Crippen molar-refractivity contribution in [2.75, 3.05) is 13.7 Å². The second kappa shape index (κ2) is 10.6. The van der Waals surface area contributed by atoms with Gasteiger partial charge in [0.25, 0.3) is 0 Å². The zero-order valence-corrected chi connectivity index (χ0v) is 18.8. The number of ether oxygens (including phenoxy) is 3. The highest BCUT2D eigenvalue weighted by Gasteiger charge is 2.12. The maximum atomic E-state index is 11.0. The predicted molar refractivity (Wildman–Crippen MR) is 123 cm³/mol. The number of rotatable bonds is 9. The molecule has 160 valence electrons. The van der Waals surface area contributed by atoms with Crippen molar-refractivity contribution < 1.29 is 24.1 Å². The molecule has 31 heavy (non-hydrogen) atoms. The van der Waals surface area contributed by atoms with Crippen LogP contribution in [0.4, 0.5) is 5.69 Å². The van der Waals surface area contributed by atoms with Gasteiger partial charge in [0.2, 0.25) is 0 Å². The molecule has 3 aromatic carbocycles. The first-order valence-corrected chi connectivity index (χ1v) is 10.4. The molecule has 3 rings (SSSR count). The summed E-state index contributed by atoms with van der Waals surface area (Å²) in [4.78, 5) is 15.5. The van der Waals surface area contributed by atoms with Crippen molar-refractivity contribution in [2.45, 2.75) is 13.5 Å². The molecule has 7 heteroatoms. The number of methoxy groups -OCH3 is 1. The van der Waals surface area contributed by atoms with E-state index in [0.717, 1.165) is 27.0 Å². The summed E-state index contributed by atoms with van der Waals surface area (Å²) in [5, 5.41) is 9.01. The van der Waals surface area contributed by atoms with Gasteiger partial charge in [-0.1, -0.05) is 12.1 Å². The van der Waals surface area contributed by atoms with E-state index < -0.39 is 5.97 Å². The first-order valence-electron chi connectivity index (χ1n) is 9.59. The van der Waals surface area contributed by atoms with Crippen molar-refractivity contribution in [3.05, 3.63) is 81.8 Å². The number of carboxylic acids is 1. The number of nitrogens with zero attached hydrogens (tertiary/aromatic N) is 1. The summed E-state index contributed by atoms with van der Waals surface area (Å²) in [5.74, 6) is 0.987. The minimum atomic E-state index is -0.958. The van der Waals surface area contributed by atoms with Crippen LogP contribution in [0, 0.1) is 0 Å². The second-order valence-electron chi connectivity index (χ2n) is 6.51. The topological polar surface area (TPSA) is 77.3 Å². The standard InChI is InChI=1S/C24H22BrNO5/c1-3-30-22-13-17(14-26-19-8-10-20(29-2)11-9-19)12-21(25)23(22)31-15-16-4-6-18(7-5-16)24(27)28/h4-14H,3,15H2,1-2H3,(H,27,28). The predicted octanol–water partition coefficient (Wildman–Crippen LogP) is 5.88. The Hall–Kier alpha value is -3.32. The number of hydrogen-bond acceptors (Lipinski definition) is 5. The van der Waals surface area contributed by atoms with Crippen LogP contribution >= 0.6 is 15.9 Å². The van der Waals surface area contributed by atoms with Crippen molar-refractivity contribution in [1.82, 2.24) is 0 Å². The van der Waals surface area contributed by atoms with E-state index in [0.29, 0.717) is 18.1 Å². The number of carbonyl (C=O) groups is 1. The molecule has 0 heterocycles. The molecule has 0 saturated heterocycles. The van der Waals surface area contributed by atoms with Gasteiger partial charge in [0, 0.05) is 6.21 Å². The Labute approximate surface area is 189 Å². The lowest BCUT2D eigenvalue weighted by Gasteiger charge is -2.15. The monoisotopic (exact) mass is 483 g/mol. The Morgan fingerprint density at radius 3 is 2.39 bits per heavy atom. The van der Waals surface area contributed by atoms with E-state index in [1.807, 2.05) is 43.3 Å². The van der Waals surface area contributed by atoms with Gasteiger partial charge in [-0.05, 0) is 82.5 Å². The molecule has 0 atom stereocenters. The zero-order chi connectivity index (χ0) is 22.2. The maximum absolute atomic E-state index is 11.0. The largest absolute Gasteiger partial charge is 0.497 e. The highest BCUT2D eigenvalue weighted by Crippen LogP contribution is 2.37. The van der Waals surface area contributed by atoms with Gasteiger partial charge in [-0.25, -0.2) is 4.79 Å². The molecule has 0 fully saturated rings. The van der Waals surface area contributed by atoms with Crippen LogP contribution in [0.15, 0.2) is 70.1 Å². The maximum Gasteiger partial charge on any atom is 0.335 e. The van der Waals surface area contributed by atoms with E-state index in [2.05, 4.69) is 20.9 Å². The van der Waals surface area contributed by atoms with E-state index in [-0.39, 0.29) is 12.2 Å². The van der Waals surface area contributed by atoms with Crippen LogP contribution in [0.5, 0.6) is 17.2 Å². The summed E-state index contributed by atoms with van der Waals surface area (Å²) in [7, 11) is 1.62. The third-order valence-electron chi connectivity index (χ3n) is 4.35. The molecule has 0 aliphatic carbocycles. The third-order valence-corrected chi connectivity index (χ3v) is 4.94. The Morgan fingerprint density at radius 2 is 1.77 bits per heavy atom. The Bertz CT molecular complexity index is 1060. The molecule has 0 aromatic heterocycles. The van der Waals surface area contributed by atoms with Crippen LogP contribution in [0.2, 0.25) is 0 Å². The molecule has 0 radical (unpaired) electrons. The summed E-state index contributed by atoms with van der Waals surface area (Å²) in [5.41, 5.74) is 2.74. The van der Waals surface area contributed by atoms with Crippen molar-refractivity contribution in [2.24, 2.45) is 4.99 Å². The fourth-order valence-electron chi connectivity index (χ4n) is 2.78. The quantitative estimate of drug-likeness (QED) is 0.384. The minimum Gasteiger partial charge on any atom is -0.497 e. The van der Waals surface area contributed by atoms with Crippen molar-refractivity contribution in [1.29, 1.82) is 0 Å². The first-order chi connectivity index (χ1) is 15.0. The lowest BCUT2D eigenvalue weighted by molar-refractivity contribution is 0.0697. The van der Waals surface area contributed by atoms with Gasteiger partial charge in [-0.15, -0.1) is 0 Å². The molecule has 0 unspecified atom stereocenters. The van der Waals surface area contributed by atoms with Crippen LogP contribution < -0.4 is 14.2 Å². The summed E-state index contributed by atoms with van der Waals surface area (Å²) in [6, 6.07) is 17.8. The molecule has 1 N–H and O–H groups in total. The molecular formula is C24H22BrNO5. The van der Waals surface area contributed by atoms with E-state index in [4.69, 9.17) is 19.3 Å². The first kappa shape index (κ1) is 22.4. The van der Waals surface area contributed by atoms with Gasteiger partial charge in [0.15, 0.2) is 11.5 Å². The SMILES string of the molecule is CCOc1cc(C=Nc2ccc(OC)cc2)cc(Br)c1OCc1ccc(C(=O)O)cc1. The normalized spacial score (nSPS) is 10.8. The smallest absolute Gasteiger partial charge is 0.335 e. The van der Waals surface area contributed by atoms with Crippen molar-refractivity contribution in [3.63, 3.8) is 0 Å². The number of aromatic carboxylic acids is 1. The van der Waals surface area contributed by atoms with Crippen molar-refractivity contribution in [3.8, 4) is 17.2 Å². The Balaban J connectivity index is 1.77. The molecule has 0 saturated carbocycles. The average molecular weight is 484 g/mol. The van der Waals surface area contributed by atoms with Crippen LogP contribution in [-0.2, 0) is 6.61 Å². The Kier molecular flexibility index (Phi) is 7.67. The highest BCUT2D eigenvalue weighted by atomic mass is 79.9. The molecule has 0 aliphatic rings. The van der Waals surface area contributed by atoms with Crippen molar-refractivity contribution >= 4 is 33.8 Å². The van der Waals surface area contributed by atoms with Crippen LogP contribution in [0.1, 0.15) is 28.4 Å². The summed E-state index contributed by atoms with van der Waals surface area (Å²) in [6.45, 7) is 2.66. The van der Waals surface area contributed by atoms with Gasteiger partial charge < -0.3 is 19.3 Å². The minimum absolute atomic E-state index is 0.237. The van der Waals surface area contributed by atoms with Gasteiger partial charge in [0.05, 0.1) is 29.4 Å². The van der Waals surface area contributed by atoms with E-state index in [1.54, 1.807) is 37.6 Å². The molecule has 0 bridgehead atoms. The fraction of sp³-hybridized carbons (Fsp3) is 0.167. The number of halogens is 1. The van der Waals surface area contributed by atoms with Gasteiger partial charge in [-0.2, -0.15) is 0 Å². The summed E-state index contributed by atoms with van der Waals surface area (Å²) < 4.78 is 17.6. The third kappa shape index (κ3) is 6.08. The molecule has 0 amide bonds. The average Bonchev–Trinajstić information content (AvgIpc) is 2.78. The zero-order valence-electron chi connectivity index (χ0n) is 17.2. The lowest BCUT2D eigenvalue weighted by atomic mass is 10.1. The molecule has 0 aliphatic heterocycles. The number of aliphatic imine (C=N–C) groups is 1. The van der Waals surface area contributed by atoms with Gasteiger partial charge in [0.1, 0.15) is 12.4 Å². The highest BCUT2D eigenvalue weighted by molar-refractivity contribution is 9.10. The lowest BCUT2D eigenvalue weighted by Crippen LogP contribution is -2.02. The molecule has 3 aromatic rings. The van der Waals surface area contributed by atoms with Gasteiger partial charge >= 0.3 is 5.97 Å². The molecular weight excluding hydrogens is 462 g/mol. The van der Waals surface area contributed by atoms with E-state index in [1.165, 1.54) is 0 Å². The number of hydrogen-bond donors (Lipinski definition) is 1. The van der Waals surface area contributed by atoms with Crippen LogP contribution in [0.3, 0.4) is 0 Å². The fourth-order valence-corrected chi connectivity index (χ4v) is 3.36. The molecule has 6 nitrogen and oxygen atoms in total. The van der Waals surface area contributed by atoms with E-state index >= 15 is 0 Å². The molecule has 0 spiro atoms. The number of carboxylic acid groups (broad SMARTS) is 1. The van der Waals surface area contributed by atoms with Crippen LogP contribution in [0.25, 0.3) is 0 Å². The summed E-state index contributed by atoms with van der Waals surface area (Å²) in [6.07, 6.45) is 1.75. The second-order valence-corrected chi connectivity index (χ2v) is 7.36. The van der Waals surface area contributed by atoms with Crippen LogP contribution in [-0.4, -0.2) is 31.0 Å². The van der Waals surface area contributed by atoms with Gasteiger partial charge in [-0.3, -0.25) is 4.99 Å².